The van der Waals surface area contributed by atoms with Crippen LogP contribution in [-0.4, -0.2) is 16.8 Å². The molecule has 9 heteroatoms. The van der Waals surface area contributed by atoms with E-state index >= 15 is 0 Å². The molecule has 1 unspecified atom stereocenters. The van der Waals surface area contributed by atoms with Crippen LogP contribution in [0.3, 0.4) is 0 Å². The summed E-state index contributed by atoms with van der Waals surface area (Å²) in [6.45, 7) is 0. The third kappa shape index (κ3) is 5.40. The Bertz CT molecular complexity index is 630. The first-order valence-corrected chi connectivity index (χ1v) is 12.3. The van der Waals surface area contributed by atoms with Crippen LogP contribution in [0.1, 0.15) is 75.3 Å². The van der Waals surface area contributed by atoms with E-state index in [4.69, 9.17) is 11.2 Å². The van der Waals surface area contributed by atoms with Crippen molar-refractivity contribution in [3.8, 4) is 0 Å². The average molecular weight is 460 g/mol. The molecule has 3 rings (SSSR count). The van der Waals surface area contributed by atoms with Crippen LogP contribution in [0.2, 0.25) is 0 Å². The van der Waals surface area contributed by atoms with Crippen LogP contribution in [0.25, 0.3) is 0 Å². The average Bonchev–Trinajstić information content (AvgIpc) is 2.68. The van der Waals surface area contributed by atoms with Crippen LogP contribution >= 0.6 is 18.7 Å². The molecular weight excluding hydrogens is 435 g/mol. The molecule has 1 nitrogen and oxygen atoms in total. The van der Waals surface area contributed by atoms with E-state index in [0.29, 0.717) is 0 Å². The lowest BCUT2D eigenvalue weighted by Gasteiger charge is -2.44. The molecule has 2 fully saturated rings. The van der Waals surface area contributed by atoms with E-state index in [1.54, 1.807) is 0 Å². The van der Waals surface area contributed by atoms with E-state index in [2.05, 4.69) is 0 Å². The molecule has 0 bridgehead atoms. The van der Waals surface area contributed by atoms with Crippen LogP contribution in [0, 0.1) is 0 Å². The summed E-state index contributed by atoms with van der Waals surface area (Å²) in [6, 6.07) is 2.15. The number of hydrogen-bond acceptors (Lipinski definition) is 1. The normalized spacial score (nSPS) is 21.5. The summed E-state index contributed by atoms with van der Waals surface area (Å²) in [5.41, 5.74) is -2.52. The van der Waals surface area contributed by atoms with Gasteiger partial charge in [-0.05, 0) is 37.8 Å². The van der Waals surface area contributed by atoms with Crippen molar-refractivity contribution < 1.29 is 26.3 Å². The smallest absolute Gasteiger partial charge is 0.260 e. The molecule has 29 heavy (non-hydrogen) atoms. The molecule has 0 N–H and O–H groups in total. The van der Waals surface area contributed by atoms with Crippen molar-refractivity contribution in [3.63, 3.8) is 0 Å². The minimum atomic E-state index is -4.89. The monoisotopic (exact) mass is 459 g/mol. The van der Waals surface area contributed by atoms with Crippen LogP contribution in [0.5, 0.6) is 0 Å². The van der Waals surface area contributed by atoms with Crippen molar-refractivity contribution >= 4 is 24.0 Å². The molecule has 164 valence electrons. The van der Waals surface area contributed by atoms with Gasteiger partial charge >= 0.3 is 12.4 Å². The number of benzene rings is 1. The van der Waals surface area contributed by atoms with Gasteiger partial charge in [0.05, 0.1) is 18.6 Å². The molecule has 0 radical (unpaired) electrons. The van der Waals surface area contributed by atoms with Gasteiger partial charge in [0.2, 0.25) is 0 Å². The van der Waals surface area contributed by atoms with Gasteiger partial charge in [-0.15, -0.1) is 0 Å². The van der Waals surface area contributed by atoms with Gasteiger partial charge in [0, 0.05) is 17.4 Å². The van der Waals surface area contributed by atoms with Crippen LogP contribution in [0.15, 0.2) is 18.2 Å². The Labute approximate surface area is 173 Å². The maximum atomic E-state index is 13.7. The molecule has 2 saturated carbocycles. The van der Waals surface area contributed by atoms with Crippen molar-refractivity contribution in [2.45, 2.75) is 88.6 Å². The van der Waals surface area contributed by atoms with Gasteiger partial charge in [-0.3, -0.25) is 4.67 Å². The number of nitrogens with zero attached hydrogens (tertiary/aromatic N) is 1. The topological polar surface area (TPSA) is 3.24 Å². The Kier molecular flexibility index (Phi) is 7.44. The van der Waals surface area contributed by atoms with Gasteiger partial charge in [0.25, 0.3) is 0 Å². The zero-order valence-corrected chi connectivity index (χ0v) is 17.6. The van der Waals surface area contributed by atoms with Crippen molar-refractivity contribution in [2.24, 2.45) is 0 Å². The molecule has 1 aromatic rings. The molecule has 2 aliphatic rings. The quantitative estimate of drug-likeness (QED) is 0.327. The predicted molar refractivity (Wildman–Crippen MR) is 104 cm³/mol. The summed E-state index contributed by atoms with van der Waals surface area (Å²) in [7, 11) is -2.29. The standard InChI is InChI=1S/C20H25ClF6NP/c21-29(18-16(19(22,23)24)12-7-13-17(18)20(25,26)27)28(14-8-3-1-4-9-14)15-10-5-2-6-11-15/h7,12-15H,1-6,8-11H2. The summed E-state index contributed by atoms with van der Waals surface area (Å²) in [4.78, 5) is 0. The van der Waals surface area contributed by atoms with Gasteiger partial charge in [-0.1, -0.05) is 55.8 Å². The maximum Gasteiger partial charge on any atom is 0.417 e. The Balaban J connectivity index is 2.09. The van der Waals surface area contributed by atoms with E-state index in [1.807, 2.05) is 4.67 Å². The second kappa shape index (κ2) is 9.32. The molecular formula is C20H25ClF6NP. The Morgan fingerprint density at radius 3 is 1.45 bits per heavy atom. The fourth-order valence-corrected chi connectivity index (χ4v) is 7.94. The molecule has 0 heterocycles. The summed E-state index contributed by atoms with van der Waals surface area (Å²) in [5, 5.41) is -0.777. The van der Waals surface area contributed by atoms with Gasteiger partial charge in [-0.2, -0.15) is 26.3 Å². The van der Waals surface area contributed by atoms with Gasteiger partial charge in [0.1, 0.15) is 0 Å². The summed E-state index contributed by atoms with van der Waals surface area (Å²) in [5.74, 6) is 0. The first-order valence-electron chi connectivity index (χ1n) is 10.1. The van der Waals surface area contributed by atoms with E-state index in [1.165, 1.54) is 0 Å². The highest BCUT2D eigenvalue weighted by molar-refractivity contribution is 7.88. The summed E-state index contributed by atoms with van der Waals surface area (Å²) >= 11 is 6.65. The summed E-state index contributed by atoms with van der Waals surface area (Å²) < 4.78 is 84.0. The highest BCUT2D eigenvalue weighted by atomic mass is 35.7. The summed E-state index contributed by atoms with van der Waals surface area (Å²) in [6.07, 6.45) is -0.869. The zero-order chi connectivity index (χ0) is 21.2. The van der Waals surface area contributed by atoms with Gasteiger partial charge in [0.15, 0.2) is 0 Å². The fraction of sp³-hybridized carbons (Fsp3) is 0.700. The largest absolute Gasteiger partial charge is 0.417 e. The van der Waals surface area contributed by atoms with Crippen molar-refractivity contribution in [2.75, 3.05) is 0 Å². The van der Waals surface area contributed by atoms with Crippen molar-refractivity contribution in [1.29, 1.82) is 0 Å². The lowest BCUT2D eigenvalue weighted by molar-refractivity contribution is -0.141. The Morgan fingerprint density at radius 1 is 0.724 bits per heavy atom. The lowest BCUT2D eigenvalue weighted by atomic mass is 9.91. The van der Waals surface area contributed by atoms with E-state index in [9.17, 15) is 26.3 Å². The van der Waals surface area contributed by atoms with Crippen molar-refractivity contribution in [3.05, 3.63) is 29.3 Å². The highest BCUT2D eigenvalue weighted by Gasteiger charge is 2.45. The molecule has 0 aliphatic heterocycles. The second-order valence-electron chi connectivity index (χ2n) is 7.92. The van der Waals surface area contributed by atoms with Crippen LogP contribution in [-0.2, 0) is 12.4 Å². The van der Waals surface area contributed by atoms with Crippen LogP contribution < -0.4 is 5.30 Å². The van der Waals surface area contributed by atoms with E-state index in [0.717, 1.165) is 82.4 Å². The first kappa shape index (κ1) is 23.1. The third-order valence-electron chi connectivity index (χ3n) is 5.93. The highest BCUT2D eigenvalue weighted by Crippen LogP contribution is 2.55. The molecule has 2 aliphatic carbocycles. The van der Waals surface area contributed by atoms with Crippen LogP contribution in [0.4, 0.5) is 26.3 Å². The number of halogens is 7. The third-order valence-corrected chi connectivity index (χ3v) is 8.87. The van der Waals surface area contributed by atoms with Gasteiger partial charge in [-0.25, -0.2) is 0 Å². The molecule has 0 amide bonds. The van der Waals surface area contributed by atoms with E-state index in [-0.39, 0.29) is 12.1 Å². The second-order valence-corrected chi connectivity index (χ2v) is 10.3. The Hall–Kier alpha value is -0.520. The minimum Gasteiger partial charge on any atom is -0.260 e. The number of alkyl halides is 6. The minimum absolute atomic E-state index is 0.0576. The first-order chi connectivity index (χ1) is 13.6. The van der Waals surface area contributed by atoms with Crippen molar-refractivity contribution in [1.82, 2.24) is 4.67 Å². The molecule has 0 spiro atoms. The predicted octanol–water partition coefficient (Wildman–Crippen LogP) is 7.87. The molecule has 1 aromatic carbocycles. The van der Waals surface area contributed by atoms with Gasteiger partial charge < -0.3 is 0 Å². The van der Waals surface area contributed by atoms with E-state index < -0.39 is 36.2 Å². The maximum absolute atomic E-state index is 13.7. The molecule has 0 saturated heterocycles. The molecule has 0 aromatic heterocycles. The fourth-order valence-electron chi connectivity index (χ4n) is 4.59. The number of hydrogen-bond donors (Lipinski definition) is 0. The lowest BCUT2D eigenvalue weighted by Crippen LogP contribution is -2.43. The molecule has 1 atom stereocenters. The Morgan fingerprint density at radius 2 is 1.10 bits per heavy atom. The zero-order valence-electron chi connectivity index (χ0n) is 16.0. The SMILES string of the molecule is FC(F)(F)c1cccc(C(F)(F)F)c1P(Cl)N(C1CCCCC1)C1CCCCC1. The number of rotatable bonds is 4.